The lowest BCUT2D eigenvalue weighted by Crippen LogP contribution is -2.25. The van der Waals surface area contributed by atoms with Crippen LogP contribution in [-0.2, 0) is 20.9 Å². The molecule has 0 atom stereocenters. The Morgan fingerprint density at radius 1 is 1.28 bits per heavy atom. The minimum absolute atomic E-state index is 0.113. The molecule has 2 aromatic rings. The van der Waals surface area contributed by atoms with Gasteiger partial charge in [-0.1, -0.05) is 5.16 Å². The quantitative estimate of drug-likeness (QED) is 0.754. The van der Waals surface area contributed by atoms with Crippen LogP contribution < -0.4 is 4.74 Å². The lowest BCUT2D eigenvalue weighted by atomic mass is 10.1. The predicted molar refractivity (Wildman–Crippen MR) is 104 cm³/mol. The van der Waals surface area contributed by atoms with E-state index in [2.05, 4.69) is 5.16 Å². The Kier molecular flexibility index (Phi) is 8.47. The molecular formula is C20H26N2O7. The Morgan fingerprint density at radius 2 is 1.90 bits per heavy atom. The summed E-state index contributed by atoms with van der Waals surface area (Å²) in [6.07, 6.45) is 1.61. The highest BCUT2D eigenvalue weighted by molar-refractivity contribution is 5.68. The first kappa shape index (κ1) is 22.2. The second-order valence-corrected chi connectivity index (χ2v) is 6.58. The van der Waals surface area contributed by atoms with Gasteiger partial charge in [-0.25, -0.2) is 4.79 Å². The topological polar surface area (TPSA) is 111 Å². The van der Waals surface area contributed by atoms with E-state index in [-0.39, 0.29) is 19.2 Å². The first-order chi connectivity index (χ1) is 14.0. The van der Waals surface area contributed by atoms with Gasteiger partial charge in [-0.3, -0.25) is 4.79 Å². The molecule has 1 fully saturated rings. The molecule has 0 spiro atoms. The number of carboxylic acid groups (broad SMARTS) is 1. The van der Waals surface area contributed by atoms with Crippen LogP contribution in [-0.4, -0.2) is 61.1 Å². The zero-order valence-corrected chi connectivity index (χ0v) is 16.8. The molecule has 0 unspecified atom stereocenters. The van der Waals surface area contributed by atoms with Gasteiger partial charge in [-0.15, -0.1) is 0 Å². The van der Waals surface area contributed by atoms with Gasteiger partial charge < -0.3 is 28.7 Å². The van der Waals surface area contributed by atoms with Crippen LogP contribution in [0.1, 0.15) is 24.1 Å². The molecule has 0 radical (unpaired) electrons. The third kappa shape index (κ3) is 6.49. The highest BCUT2D eigenvalue weighted by Gasteiger charge is 2.18. The van der Waals surface area contributed by atoms with Crippen molar-refractivity contribution in [2.75, 3.05) is 27.3 Å². The monoisotopic (exact) mass is 406 g/mol. The molecular weight excluding hydrogens is 380 g/mol. The Hall–Kier alpha value is -3.07. The molecule has 1 aliphatic rings. The number of benzene rings is 1. The number of aromatic nitrogens is 1. The summed E-state index contributed by atoms with van der Waals surface area (Å²) in [6.45, 7) is 3.18. The van der Waals surface area contributed by atoms with Crippen molar-refractivity contribution in [1.29, 1.82) is 0 Å². The lowest BCUT2D eigenvalue weighted by Gasteiger charge is -2.23. The molecule has 1 aromatic carbocycles. The number of hydrogen-bond donors (Lipinski definition) is 1. The van der Waals surface area contributed by atoms with Gasteiger partial charge in [0.1, 0.15) is 18.5 Å². The minimum Gasteiger partial charge on any atom is -0.490 e. The molecule has 1 aliphatic heterocycles. The van der Waals surface area contributed by atoms with E-state index in [0.29, 0.717) is 11.5 Å². The van der Waals surface area contributed by atoms with Crippen LogP contribution in [0.2, 0.25) is 0 Å². The normalized spacial score (nSPS) is 13.8. The molecule has 1 N–H and O–H groups in total. The van der Waals surface area contributed by atoms with Crippen LogP contribution in [0.3, 0.4) is 0 Å². The number of carbonyl (C=O) groups is 2. The number of aryl methyl sites for hydroxylation is 1. The molecule has 3 rings (SSSR count). The Bertz CT molecular complexity index is 781. The van der Waals surface area contributed by atoms with E-state index in [1.807, 2.05) is 31.2 Å². The van der Waals surface area contributed by atoms with Crippen molar-refractivity contribution in [3.8, 4) is 17.1 Å². The fourth-order valence-corrected chi connectivity index (χ4v) is 2.72. The van der Waals surface area contributed by atoms with Gasteiger partial charge in [0.25, 0.3) is 6.47 Å². The fourth-order valence-electron chi connectivity index (χ4n) is 2.72. The molecule has 29 heavy (non-hydrogen) atoms. The summed E-state index contributed by atoms with van der Waals surface area (Å²) in [4.78, 5) is 21.4. The van der Waals surface area contributed by atoms with E-state index in [0.717, 1.165) is 42.9 Å². The number of amides is 1. The zero-order chi connectivity index (χ0) is 21.2. The molecule has 1 amide bonds. The van der Waals surface area contributed by atoms with E-state index in [4.69, 9.17) is 28.6 Å². The van der Waals surface area contributed by atoms with Gasteiger partial charge in [-0.05, 0) is 31.2 Å². The molecule has 0 aliphatic carbocycles. The van der Waals surface area contributed by atoms with Crippen molar-refractivity contribution in [2.45, 2.75) is 32.5 Å². The second kappa shape index (κ2) is 11.1. The highest BCUT2D eigenvalue weighted by Crippen LogP contribution is 2.29. The molecule has 158 valence electrons. The molecule has 1 saturated heterocycles. The third-order valence-corrected chi connectivity index (χ3v) is 4.28. The summed E-state index contributed by atoms with van der Waals surface area (Å²) in [6, 6.07) is 7.67. The van der Waals surface area contributed by atoms with E-state index >= 15 is 0 Å². The van der Waals surface area contributed by atoms with Crippen molar-refractivity contribution in [3.05, 3.63) is 35.5 Å². The lowest BCUT2D eigenvalue weighted by molar-refractivity contribution is -0.122. The van der Waals surface area contributed by atoms with Crippen LogP contribution in [0.4, 0.5) is 4.79 Å². The summed E-state index contributed by atoms with van der Waals surface area (Å²) in [5.41, 5.74) is 2.33. The second-order valence-electron chi connectivity index (χ2n) is 6.58. The summed E-state index contributed by atoms with van der Waals surface area (Å²) < 4.78 is 22.0. The van der Waals surface area contributed by atoms with E-state index < -0.39 is 6.09 Å². The average Bonchev–Trinajstić information content (AvgIpc) is 3.08. The zero-order valence-electron chi connectivity index (χ0n) is 16.8. The summed E-state index contributed by atoms with van der Waals surface area (Å²) in [5.74, 6) is 1.42. The van der Waals surface area contributed by atoms with Crippen molar-refractivity contribution < 1.29 is 33.4 Å². The van der Waals surface area contributed by atoms with E-state index in [1.54, 1.807) is 14.1 Å². The van der Waals surface area contributed by atoms with Crippen LogP contribution >= 0.6 is 0 Å². The molecule has 2 heterocycles. The maximum atomic E-state index is 11.7. The van der Waals surface area contributed by atoms with Crippen LogP contribution in [0.15, 0.2) is 28.8 Å². The number of hydrogen-bond acceptors (Lipinski definition) is 7. The van der Waals surface area contributed by atoms with Gasteiger partial charge in [0, 0.05) is 32.5 Å². The molecule has 9 nitrogen and oxygen atoms in total. The van der Waals surface area contributed by atoms with E-state index in [9.17, 15) is 4.79 Å². The summed E-state index contributed by atoms with van der Waals surface area (Å²) in [5, 5.41) is 10.9. The highest BCUT2D eigenvalue weighted by atomic mass is 16.6. The van der Waals surface area contributed by atoms with Gasteiger partial charge in [0.05, 0.1) is 24.5 Å². The van der Waals surface area contributed by atoms with E-state index in [1.165, 1.54) is 4.90 Å². The fraction of sp³-hybridized carbons (Fsp3) is 0.450. The van der Waals surface area contributed by atoms with Gasteiger partial charge >= 0.3 is 6.09 Å². The predicted octanol–water partition coefficient (Wildman–Crippen LogP) is 3.11. The number of carbonyl (C=O) groups excluding carboxylic acids is 1. The first-order valence-corrected chi connectivity index (χ1v) is 9.18. The maximum Gasteiger partial charge on any atom is 0.409 e. The molecule has 9 heteroatoms. The van der Waals surface area contributed by atoms with Crippen molar-refractivity contribution in [1.82, 2.24) is 10.1 Å². The third-order valence-electron chi connectivity index (χ3n) is 4.28. The largest absolute Gasteiger partial charge is 0.490 e. The van der Waals surface area contributed by atoms with Crippen molar-refractivity contribution in [3.63, 3.8) is 0 Å². The maximum absolute atomic E-state index is 11.7. The SMILES string of the molecule is Cc1noc(-c2ccc(OC3CCOCC3)cc2)c1COC(=O)N(C)C.O=CO. The van der Waals surface area contributed by atoms with Crippen LogP contribution in [0.25, 0.3) is 11.3 Å². The molecule has 0 bridgehead atoms. The van der Waals surface area contributed by atoms with Crippen LogP contribution in [0.5, 0.6) is 5.75 Å². The smallest absolute Gasteiger partial charge is 0.409 e. The molecule has 1 aromatic heterocycles. The van der Waals surface area contributed by atoms with Gasteiger partial charge in [0.2, 0.25) is 0 Å². The first-order valence-electron chi connectivity index (χ1n) is 9.18. The standard InChI is InChI=1S/C19H24N2O5.CH2O2/c1-13-17(12-24-19(22)21(2)3)18(26-20-13)14-4-6-15(7-5-14)25-16-8-10-23-11-9-16;2-1-3/h4-7,16H,8-12H2,1-3H3;1H,(H,2,3). The van der Waals surface area contributed by atoms with Crippen molar-refractivity contribution >= 4 is 12.6 Å². The van der Waals surface area contributed by atoms with Crippen LogP contribution in [0, 0.1) is 6.92 Å². The van der Waals surface area contributed by atoms with Gasteiger partial charge in [-0.2, -0.15) is 0 Å². The van der Waals surface area contributed by atoms with Crippen molar-refractivity contribution in [2.24, 2.45) is 0 Å². The Morgan fingerprint density at radius 3 is 2.48 bits per heavy atom. The number of ether oxygens (including phenoxy) is 3. The summed E-state index contributed by atoms with van der Waals surface area (Å²) >= 11 is 0. The van der Waals surface area contributed by atoms with Gasteiger partial charge in [0.15, 0.2) is 5.76 Å². The average molecular weight is 406 g/mol. The Balaban J connectivity index is 0.000000941. The molecule has 0 saturated carbocycles. The number of nitrogens with zero attached hydrogens (tertiary/aromatic N) is 2. The minimum atomic E-state index is -0.406. The summed E-state index contributed by atoms with van der Waals surface area (Å²) in [7, 11) is 3.28. The Labute approximate surface area is 169 Å². The number of rotatable bonds is 5.